The van der Waals surface area contributed by atoms with Gasteiger partial charge in [-0.1, -0.05) is 35.9 Å². The van der Waals surface area contributed by atoms with Crippen molar-refractivity contribution in [2.24, 2.45) is 0 Å². The standard InChI is InChI=1S/C23H24ClN5O3/c24-20-13-25-12-19(21(20)28-7-5-23(6-8-28)15-26-22(31)32-23)17-3-1-16(2-4-17)18-11-27-29(14-18)9-10-30/h1-4,11-14,30H,5-10,15H2,(H,26,31). The van der Waals surface area contributed by atoms with Crippen molar-refractivity contribution < 1.29 is 14.6 Å². The van der Waals surface area contributed by atoms with Crippen molar-refractivity contribution in [3.63, 3.8) is 0 Å². The fourth-order valence-electron chi connectivity index (χ4n) is 4.46. The number of nitrogens with one attached hydrogen (secondary N) is 1. The molecule has 0 aliphatic carbocycles. The van der Waals surface area contributed by atoms with E-state index in [1.165, 1.54) is 0 Å². The minimum Gasteiger partial charge on any atom is -0.441 e. The number of alkyl carbamates (subject to hydrolysis) is 1. The summed E-state index contributed by atoms with van der Waals surface area (Å²) < 4.78 is 7.27. The van der Waals surface area contributed by atoms with Gasteiger partial charge in [0.05, 0.1) is 36.6 Å². The third-order valence-electron chi connectivity index (χ3n) is 6.22. The first-order valence-corrected chi connectivity index (χ1v) is 11.0. The van der Waals surface area contributed by atoms with Gasteiger partial charge in [-0.2, -0.15) is 5.10 Å². The van der Waals surface area contributed by atoms with Gasteiger partial charge in [-0.25, -0.2) is 4.79 Å². The number of carbonyl (C=O) groups is 1. The van der Waals surface area contributed by atoms with Gasteiger partial charge in [0.15, 0.2) is 0 Å². The van der Waals surface area contributed by atoms with E-state index in [1.54, 1.807) is 17.1 Å². The highest BCUT2D eigenvalue weighted by Crippen LogP contribution is 2.40. The molecule has 4 heterocycles. The highest BCUT2D eigenvalue weighted by Gasteiger charge is 2.43. The van der Waals surface area contributed by atoms with Crippen molar-refractivity contribution in [1.82, 2.24) is 20.1 Å². The second-order valence-electron chi connectivity index (χ2n) is 8.22. The average Bonchev–Trinajstić information content (AvgIpc) is 3.42. The monoisotopic (exact) mass is 453 g/mol. The van der Waals surface area contributed by atoms with E-state index in [0.29, 0.717) is 18.1 Å². The third-order valence-corrected chi connectivity index (χ3v) is 6.50. The summed E-state index contributed by atoms with van der Waals surface area (Å²) in [5, 5.41) is 16.7. The van der Waals surface area contributed by atoms with Crippen LogP contribution in [0.4, 0.5) is 10.5 Å². The lowest BCUT2D eigenvalue weighted by molar-refractivity contribution is 0.0367. The summed E-state index contributed by atoms with van der Waals surface area (Å²) in [4.78, 5) is 18.1. The number of aliphatic hydroxyl groups excluding tert-OH is 1. The number of hydrogen-bond acceptors (Lipinski definition) is 6. The maximum Gasteiger partial charge on any atom is 0.407 e. The second-order valence-corrected chi connectivity index (χ2v) is 8.63. The van der Waals surface area contributed by atoms with E-state index in [-0.39, 0.29) is 12.7 Å². The van der Waals surface area contributed by atoms with E-state index in [1.807, 2.05) is 12.4 Å². The van der Waals surface area contributed by atoms with Crippen LogP contribution < -0.4 is 10.2 Å². The molecule has 0 saturated carbocycles. The molecule has 2 N–H and O–H groups in total. The lowest BCUT2D eigenvalue weighted by atomic mass is 9.91. The summed E-state index contributed by atoms with van der Waals surface area (Å²) in [6, 6.07) is 8.22. The molecule has 2 aromatic heterocycles. The first-order chi connectivity index (χ1) is 15.6. The number of benzene rings is 1. The number of ether oxygens (including phenoxy) is 1. The van der Waals surface area contributed by atoms with Crippen molar-refractivity contribution >= 4 is 23.4 Å². The molecule has 5 rings (SSSR count). The number of carbonyl (C=O) groups excluding carboxylic acids is 1. The first-order valence-electron chi connectivity index (χ1n) is 10.7. The smallest absolute Gasteiger partial charge is 0.407 e. The maximum atomic E-state index is 11.5. The van der Waals surface area contributed by atoms with Gasteiger partial charge in [0.1, 0.15) is 5.60 Å². The number of piperidine rings is 1. The summed E-state index contributed by atoms with van der Waals surface area (Å²) in [5.74, 6) is 0. The number of pyridine rings is 1. The lowest BCUT2D eigenvalue weighted by Gasteiger charge is -2.39. The van der Waals surface area contributed by atoms with Gasteiger partial charge in [-0.15, -0.1) is 0 Å². The van der Waals surface area contributed by atoms with Gasteiger partial charge in [-0.3, -0.25) is 9.67 Å². The fourth-order valence-corrected chi connectivity index (χ4v) is 4.74. The number of aromatic nitrogens is 3. The Balaban J connectivity index is 1.39. The Labute approximate surface area is 190 Å². The molecule has 1 spiro atoms. The van der Waals surface area contributed by atoms with Crippen LogP contribution in [0.3, 0.4) is 0 Å². The van der Waals surface area contributed by atoms with Gasteiger partial charge < -0.3 is 20.1 Å². The van der Waals surface area contributed by atoms with E-state index in [0.717, 1.165) is 53.9 Å². The molecule has 1 amide bonds. The van der Waals surface area contributed by atoms with Crippen LogP contribution in [0.15, 0.2) is 49.1 Å². The number of rotatable bonds is 5. The summed E-state index contributed by atoms with van der Waals surface area (Å²) in [6.45, 7) is 2.58. The summed E-state index contributed by atoms with van der Waals surface area (Å²) in [7, 11) is 0. The highest BCUT2D eigenvalue weighted by molar-refractivity contribution is 6.33. The van der Waals surface area contributed by atoms with Crippen LogP contribution in [-0.2, 0) is 11.3 Å². The minimum atomic E-state index is -0.407. The summed E-state index contributed by atoms with van der Waals surface area (Å²) in [5.41, 5.74) is 4.58. The molecule has 2 fully saturated rings. The van der Waals surface area contributed by atoms with Crippen LogP contribution in [0.25, 0.3) is 22.3 Å². The van der Waals surface area contributed by atoms with Gasteiger partial charge in [0.25, 0.3) is 0 Å². The van der Waals surface area contributed by atoms with Crippen molar-refractivity contribution in [2.75, 3.05) is 31.1 Å². The number of halogens is 1. The zero-order chi connectivity index (χ0) is 22.1. The Hall–Kier alpha value is -3.10. The van der Waals surface area contributed by atoms with Crippen LogP contribution in [-0.4, -0.2) is 57.8 Å². The molecular weight excluding hydrogens is 430 g/mol. The van der Waals surface area contributed by atoms with Crippen molar-refractivity contribution in [3.05, 3.63) is 54.1 Å². The second kappa shape index (κ2) is 8.44. The molecule has 3 aromatic rings. The Kier molecular flexibility index (Phi) is 5.48. The molecule has 0 unspecified atom stereocenters. The van der Waals surface area contributed by atoms with E-state index in [4.69, 9.17) is 21.4 Å². The van der Waals surface area contributed by atoms with E-state index < -0.39 is 5.60 Å². The van der Waals surface area contributed by atoms with E-state index in [9.17, 15) is 4.79 Å². The van der Waals surface area contributed by atoms with Gasteiger partial charge in [0.2, 0.25) is 0 Å². The fraction of sp³-hybridized carbons (Fsp3) is 0.348. The first kappa shape index (κ1) is 20.8. The van der Waals surface area contributed by atoms with Crippen LogP contribution in [0.2, 0.25) is 5.02 Å². The molecule has 32 heavy (non-hydrogen) atoms. The van der Waals surface area contributed by atoms with Crippen LogP contribution in [0.5, 0.6) is 0 Å². The number of anilines is 1. The van der Waals surface area contributed by atoms with Crippen LogP contribution >= 0.6 is 11.6 Å². The predicted octanol–water partition coefficient (Wildman–Crippen LogP) is 3.34. The normalized spacial score (nSPS) is 17.4. The molecule has 9 heteroatoms. The zero-order valence-corrected chi connectivity index (χ0v) is 18.3. The predicted molar refractivity (Wildman–Crippen MR) is 122 cm³/mol. The topological polar surface area (TPSA) is 92.5 Å². The quantitative estimate of drug-likeness (QED) is 0.615. The Morgan fingerprint density at radius 3 is 2.53 bits per heavy atom. The molecule has 1 aromatic carbocycles. The van der Waals surface area contributed by atoms with Gasteiger partial charge in [-0.05, 0) is 11.1 Å². The molecule has 0 bridgehead atoms. The van der Waals surface area contributed by atoms with Gasteiger partial charge >= 0.3 is 6.09 Å². The number of aliphatic hydroxyl groups is 1. The highest BCUT2D eigenvalue weighted by atomic mass is 35.5. The largest absolute Gasteiger partial charge is 0.441 e. The molecule has 8 nitrogen and oxygen atoms in total. The van der Waals surface area contributed by atoms with E-state index in [2.05, 4.69) is 44.6 Å². The molecule has 0 radical (unpaired) electrons. The van der Waals surface area contributed by atoms with Gasteiger partial charge in [0, 0.05) is 55.6 Å². The maximum absolute atomic E-state index is 11.5. The van der Waals surface area contributed by atoms with Crippen molar-refractivity contribution in [3.8, 4) is 22.3 Å². The molecule has 166 valence electrons. The zero-order valence-electron chi connectivity index (χ0n) is 17.5. The molecule has 2 aliphatic heterocycles. The molecule has 0 atom stereocenters. The number of hydrogen-bond donors (Lipinski definition) is 2. The molecule has 2 aliphatic rings. The molecular formula is C23H24ClN5O3. The van der Waals surface area contributed by atoms with E-state index >= 15 is 0 Å². The van der Waals surface area contributed by atoms with Crippen LogP contribution in [0.1, 0.15) is 12.8 Å². The number of nitrogens with zero attached hydrogens (tertiary/aromatic N) is 4. The van der Waals surface area contributed by atoms with Crippen LogP contribution in [0, 0.1) is 0 Å². The lowest BCUT2D eigenvalue weighted by Crippen LogP contribution is -2.46. The van der Waals surface area contributed by atoms with Crippen molar-refractivity contribution in [1.29, 1.82) is 0 Å². The average molecular weight is 454 g/mol. The van der Waals surface area contributed by atoms with Crippen molar-refractivity contribution in [2.45, 2.75) is 25.0 Å². The minimum absolute atomic E-state index is 0.0567. The third kappa shape index (κ3) is 3.91. The number of amides is 1. The Bertz CT molecular complexity index is 1120. The summed E-state index contributed by atoms with van der Waals surface area (Å²) in [6.07, 6.45) is 8.41. The SMILES string of the molecule is O=C1NCC2(CCN(c3c(Cl)cncc3-c3ccc(-c4cnn(CCO)c4)cc3)CC2)O1. The Morgan fingerprint density at radius 1 is 1.09 bits per heavy atom. The molecule has 2 saturated heterocycles. The Morgan fingerprint density at radius 2 is 1.84 bits per heavy atom. The summed E-state index contributed by atoms with van der Waals surface area (Å²) >= 11 is 6.61.